The lowest BCUT2D eigenvalue weighted by Gasteiger charge is -1.97. The third-order valence-electron chi connectivity index (χ3n) is 2.01. The average Bonchev–Trinajstić information content (AvgIpc) is 2.43. The fraction of sp³-hybridized carbons (Fsp3) is 0.111. The van der Waals surface area contributed by atoms with Crippen LogP contribution < -0.4 is 5.56 Å². The van der Waals surface area contributed by atoms with E-state index in [4.69, 9.17) is 0 Å². The highest BCUT2D eigenvalue weighted by Gasteiger charge is 2.12. The number of rotatable bonds is 1. The molecule has 0 saturated carbocycles. The number of nitrogens with zero attached hydrogens (tertiary/aromatic N) is 2. The summed E-state index contributed by atoms with van der Waals surface area (Å²) < 4.78 is 1.28. The number of aromatic hydroxyl groups is 1. The van der Waals surface area contributed by atoms with E-state index < -0.39 is 0 Å². The second-order valence-corrected chi connectivity index (χ2v) is 2.93. The van der Waals surface area contributed by atoms with Crippen molar-refractivity contribution >= 4 is 0 Å². The quantitative estimate of drug-likeness (QED) is 0.688. The van der Waals surface area contributed by atoms with Gasteiger partial charge in [-0.15, -0.1) is 0 Å². The number of hydrogen-bond acceptors (Lipinski definition) is 3. The van der Waals surface area contributed by atoms with Crippen LogP contribution in [0, 0.1) is 0 Å². The lowest BCUT2D eigenvalue weighted by molar-refractivity contribution is 0.420. The minimum atomic E-state index is -0.309. The largest absolute Gasteiger partial charge is 0.493 e. The standard InChI is InChI=1S/C9H9N3O2/c1-12-9(14)7(8(13)11-12)6-2-4-10-5-3-6/h2-5,14H,1H3,(H,11,13). The van der Waals surface area contributed by atoms with E-state index in [-0.39, 0.29) is 17.0 Å². The first kappa shape index (κ1) is 8.55. The Morgan fingerprint density at radius 1 is 1.43 bits per heavy atom. The van der Waals surface area contributed by atoms with Gasteiger partial charge < -0.3 is 5.11 Å². The Hall–Kier alpha value is -2.04. The molecule has 0 unspecified atom stereocenters. The smallest absolute Gasteiger partial charge is 0.275 e. The number of aromatic nitrogens is 3. The Labute approximate surface area is 79.6 Å². The molecule has 72 valence electrons. The molecule has 2 heterocycles. The first-order valence-electron chi connectivity index (χ1n) is 4.08. The molecule has 0 atom stereocenters. The molecule has 0 bridgehead atoms. The third-order valence-corrected chi connectivity index (χ3v) is 2.01. The minimum absolute atomic E-state index is 0.0683. The maximum Gasteiger partial charge on any atom is 0.275 e. The topological polar surface area (TPSA) is 70.9 Å². The molecule has 0 saturated heterocycles. The van der Waals surface area contributed by atoms with Gasteiger partial charge in [0.25, 0.3) is 5.56 Å². The summed E-state index contributed by atoms with van der Waals surface area (Å²) in [7, 11) is 1.57. The number of H-pyrrole nitrogens is 1. The van der Waals surface area contributed by atoms with Crippen LogP contribution in [-0.2, 0) is 7.05 Å². The summed E-state index contributed by atoms with van der Waals surface area (Å²) in [5.74, 6) is -0.0683. The molecule has 2 aromatic rings. The van der Waals surface area contributed by atoms with E-state index in [1.54, 1.807) is 31.6 Å². The summed E-state index contributed by atoms with van der Waals surface area (Å²) in [6, 6.07) is 3.34. The molecule has 0 spiro atoms. The van der Waals surface area contributed by atoms with Crippen molar-refractivity contribution in [1.29, 1.82) is 0 Å². The van der Waals surface area contributed by atoms with Crippen LogP contribution in [0.4, 0.5) is 0 Å². The SMILES string of the molecule is Cn1[nH]c(=O)c(-c2ccncc2)c1O. The molecule has 2 rings (SSSR count). The van der Waals surface area contributed by atoms with Gasteiger partial charge in [-0.2, -0.15) is 0 Å². The fourth-order valence-corrected chi connectivity index (χ4v) is 1.31. The molecule has 0 aliphatic carbocycles. The first-order valence-corrected chi connectivity index (χ1v) is 4.08. The zero-order chi connectivity index (χ0) is 10.1. The lowest BCUT2D eigenvalue weighted by Crippen LogP contribution is -2.03. The van der Waals surface area contributed by atoms with E-state index >= 15 is 0 Å². The molecular formula is C9H9N3O2. The molecule has 0 aliphatic heterocycles. The molecule has 2 aromatic heterocycles. The molecule has 5 nitrogen and oxygen atoms in total. The van der Waals surface area contributed by atoms with Crippen molar-refractivity contribution in [2.75, 3.05) is 0 Å². The van der Waals surface area contributed by atoms with Crippen molar-refractivity contribution in [3.63, 3.8) is 0 Å². The van der Waals surface area contributed by atoms with Crippen molar-refractivity contribution in [3.05, 3.63) is 34.9 Å². The second-order valence-electron chi connectivity index (χ2n) is 2.93. The molecule has 2 N–H and O–H groups in total. The average molecular weight is 191 g/mol. The van der Waals surface area contributed by atoms with Crippen LogP contribution in [0.2, 0.25) is 0 Å². The minimum Gasteiger partial charge on any atom is -0.493 e. The van der Waals surface area contributed by atoms with Crippen LogP contribution in [0.25, 0.3) is 11.1 Å². The van der Waals surface area contributed by atoms with Gasteiger partial charge in [0.2, 0.25) is 5.88 Å². The van der Waals surface area contributed by atoms with Gasteiger partial charge in [0.05, 0.1) is 0 Å². The summed E-state index contributed by atoms with van der Waals surface area (Å²) in [5, 5.41) is 12.0. The molecule has 0 amide bonds. The zero-order valence-electron chi connectivity index (χ0n) is 7.56. The highest BCUT2D eigenvalue weighted by atomic mass is 16.3. The maximum absolute atomic E-state index is 11.4. The van der Waals surface area contributed by atoms with Crippen molar-refractivity contribution < 1.29 is 5.11 Å². The molecule has 0 aliphatic rings. The summed E-state index contributed by atoms with van der Waals surface area (Å²) in [6.07, 6.45) is 3.14. The Morgan fingerprint density at radius 2 is 2.07 bits per heavy atom. The second kappa shape index (κ2) is 3.02. The Bertz CT molecular complexity index is 499. The van der Waals surface area contributed by atoms with Crippen molar-refractivity contribution in [2.24, 2.45) is 7.05 Å². The van der Waals surface area contributed by atoms with Gasteiger partial charge in [-0.25, -0.2) is 0 Å². The van der Waals surface area contributed by atoms with Crippen LogP contribution in [0.3, 0.4) is 0 Å². The van der Waals surface area contributed by atoms with Gasteiger partial charge in [0.1, 0.15) is 5.56 Å². The summed E-state index contributed by atoms with van der Waals surface area (Å²) >= 11 is 0. The highest BCUT2D eigenvalue weighted by molar-refractivity contribution is 5.66. The normalized spacial score (nSPS) is 10.4. The predicted molar refractivity (Wildman–Crippen MR) is 50.9 cm³/mol. The zero-order valence-corrected chi connectivity index (χ0v) is 7.56. The number of aromatic amines is 1. The number of pyridine rings is 1. The van der Waals surface area contributed by atoms with E-state index in [1.807, 2.05) is 0 Å². The lowest BCUT2D eigenvalue weighted by atomic mass is 10.1. The predicted octanol–water partition coefficient (Wildman–Crippen LogP) is 0.481. The van der Waals surface area contributed by atoms with Crippen LogP contribution in [0.1, 0.15) is 0 Å². The molecule has 14 heavy (non-hydrogen) atoms. The Kier molecular flexibility index (Phi) is 1.85. The summed E-state index contributed by atoms with van der Waals surface area (Å²) in [5.41, 5.74) is 0.616. The summed E-state index contributed by atoms with van der Waals surface area (Å²) in [6.45, 7) is 0. The van der Waals surface area contributed by atoms with Crippen LogP contribution in [-0.4, -0.2) is 19.9 Å². The van der Waals surface area contributed by atoms with Crippen molar-refractivity contribution in [2.45, 2.75) is 0 Å². The molecule has 5 heteroatoms. The molecular weight excluding hydrogens is 182 g/mol. The monoisotopic (exact) mass is 191 g/mol. The van der Waals surface area contributed by atoms with E-state index in [0.717, 1.165) is 0 Å². The van der Waals surface area contributed by atoms with Crippen molar-refractivity contribution in [1.82, 2.24) is 14.8 Å². The van der Waals surface area contributed by atoms with Gasteiger partial charge in [0, 0.05) is 19.4 Å². The Balaban J connectivity index is 2.69. The molecule has 0 aromatic carbocycles. The van der Waals surface area contributed by atoms with Gasteiger partial charge >= 0.3 is 0 Å². The van der Waals surface area contributed by atoms with Gasteiger partial charge in [0.15, 0.2) is 0 Å². The number of nitrogens with one attached hydrogen (secondary N) is 1. The maximum atomic E-state index is 11.4. The highest BCUT2D eigenvalue weighted by Crippen LogP contribution is 2.23. The first-order chi connectivity index (χ1) is 6.70. The van der Waals surface area contributed by atoms with Gasteiger partial charge in [-0.3, -0.25) is 19.6 Å². The molecule has 0 fully saturated rings. The summed E-state index contributed by atoms with van der Waals surface area (Å²) in [4.78, 5) is 15.2. The van der Waals surface area contributed by atoms with E-state index in [9.17, 15) is 9.90 Å². The van der Waals surface area contributed by atoms with E-state index in [1.165, 1.54) is 4.68 Å². The number of aryl methyl sites for hydroxylation is 1. The van der Waals surface area contributed by atoms with Gasteiger partial charge in [-0.05, 0) is 17.7 Å². The number of hydrogen-bond donors (Lipinski definition) is 2. The van der Waals surface area contributed by atoms with Crippen molar-refractivity contribution in [3.8, 4) is 17.0 Å². The molecule has 0 radical (unpaired) electrons. The fourth-order valence-electron chi connectivity index (χ4n) is 1.31. The van der Waals surface area contributed by atoms with E-state index in [0.29, 0.717) is 5.56 Å². The Morgan fingerprint density at radius 3 is 2.57 bits per heavy atom. The third kappa shape index (κ3) is 1.19. The van der Waals surface area contributed by atoms with Crippen LogP contribution in [0.15, 0.2) is 29.3 Å². The van der Waals surface area contributed by atoms with Crippen LogP contribution >= 0.6 is 0 Å². The van der Waals surface area contributed by atoms with Gasteiger partial charge in [-0.1, -0.05) is 0 Å². The van der Waals surface area contributed by atoms with E-state index in [2.05, 4.69) is 10.1 Å². The van der Waals surface area contributed by atoms with Crippen LogP contribution in [0.5, 0.6) is 5.88 Å².